The van der Waals surface area contributed by atoms with Gasteiger partial charge in [-0.1, -0.05) is 105 Å². The molecule has 0 aliphatic rings. The third-order valence-electron chi connectivity index (χ3n) is 8.52. The van der Waals surface area contributed by atoms with Gasteiger partial charge in [-0.25, -0.2) is 18.4 Å². The number of alkyl carbamates (subject to hydrolysis) is 2. The van der Waals surface area contributed by atoms with Crippen LogP contribution in [0.1, 0.15) is 42.5 Å². The summed E-state index contributed by atoms with van der Waals surface area (Å²) in [5.41, 5.74) is 1.56. The fraction of sp³-hybridized carbons (Fsp3) is 0.333. The van der Waals surface area contributed by atoms with Gasteiger partial charge in [0.05, 0.1) is 19.3 Å². The second kappa shape index (κ2) is 21.9. The highest BCUT2D eigenvalue weighted by atomic mass is 19.1. The first-order valence-corrected chi connectivity index (χ1v) is 18.1. The van der Waals surface area contributed by atoms with Gasteiger partial charge in [0.15, 0.2) is 6.10 Å². The number of aliphatic hydroxyl groups is 1. The molecule has 3 atom stereocenters. The van der Waals surface area contributed by atoms with E-state index in [4.69, 9.17) is 14.2 Å². The van der Waals surface area contributed by atoms with Crippen molar-refractivity contribution < 1.29 is 47.3 Å². The van der Waals surface area contributed by atoms with Gasteiger partial charge >= 0.3 is 12.2 Å². The van der Waals surface area contributed by atoms with E-state index >= 15 is 0 Å². The number of ether oxygens (including phenoxy) is 3. The van der Waals surface area contributed by atoms with Gasteiger partial charge in [0.25, 0.3) is 5.91 Å². The summed E-state index contributed by atoms with van der Waals surface area (Å²) >= 11 is 0. The molecule has 0 aromatic heterocycles. The maximum Gasteiger partial charge on any atom is 0.407 e. The van der Waals surface area contributed by atoms with Crippen LogP contribution < -0.4 is 21.3 Å². The van der Waals surface area contributed by atoms with E-state index in [1.54, 1.807) is 62.4 Å². The molecule has 4 amide bonds. The standard InChI is InChI=1S/C42H48F2N4O8/c1-42(2,27-45-37(49)22-34(21-32-20-33(43)18-19-35(32)44)47-40(52)55-24-30-14-8-4-9-15-30)28-46-39(51)38(50)36(26-54-23-29-12-6-3-7-13-29)48-41(53)56-25-31-16-10-5-11-17-31/h3-20,34,36,38,50H,21-28H2,1-2H3,(H,45,49)(H,46,51)(H,47,52)(H,48,53)/t34?,36-,38+/m1/s1. The van der Waals surface area contributed by atoms with E-state index in [-0.39, 0.29) is 57.9 Å². The number of benzene rings is 4. The van der Waals surface area contributed by atoms with Crippen LogP contribution in [-0.4, -0.2) is 67.0 Å². The van der Waals surface area contributed by atoms with E-state index in [1.807, 2.05) is 42.5 Å². The zero-order chi connectivity index (χ0) is 40.3. The molecule has 0 bridgehead atoms. The van der Waals surface area contributed by atoms with E-state index in [9.17, 15) is 33.1 Å². The third kappa shape index (κ3) is 15.5. The Bertz CT molecular complexity index is 1850. The summed E-state index contributed by atoms with van der Waals surface area (Å²) in [7, 11) is 0. The SMILES string of the molecule is CC(C)(CNC(=O)CC(Cc1cc(F)ccc1F)NC(=O)OCc1ccccc1)CNC(=O)[C@@H](O)[C@@H](COCc1ccccc1)NC(=O)OCc1ccccc1. The monoisotopic (exact) mass is 774 g/mol. The molecule has 0 spiro atoms. The van der Waals surface area contributed by atoms with E-state index in [0.717, 1.165) is 34.9 Å². The molecule has 0 saturated heterocycles. The topological polar surface area (TPSA) is 164 Å². The number of hydrogen-bond acceptors (Lipinski definition) is 8. The second-order valence-corrected chi connectivity index (χ2v) is 14.0. The van der Waals surface area contributed by atoms with Gasteiger partial charge in [-0.05, 0) is 52.3 Å². The molecule has 4 aromatic carbocycles. The highest BCUT2D eigenvalue weighted by molar-refractivity contribution is 5.82. The van der Waals surface area contributed by atoms with Crippen LogP contribution in [0.15, 0.2) is 109 Å². The van der Waals surface area contributed by atoms with Crippen molar-refractivity contribution in [2.45, 2.75) is 64.7 Å². The van der Waals surface area contributed by atoms with Crippen LogP contribution in [0.5, 0.6) is 0 Å². The molecule has 12 nitrogen and oxygen atoms in total. The van der Waals surface area contributed by atoms with Gasteiger partial charge in [-0.3, -0.25) is 9.59 Å². The highest BCUT2D eigenvalue weighted by Crippen LogP contribution is 2.16. The number of carbonyl (C=O) groups excluding carboxylic acids is 4. The van der Waals surface area contributed by atoms with E-state index in [1.165, 1.54) is 0 Å². The first-order chi connectivity index (χ1) is 26.9. The van der Waals surface area contributed by atoms with Crippen molar-refractivity contribution in [3.63, 3.8) is 0 Å². The second-order valence-electron chi connectivity index (χ2n) is 14.0. The zero-order valence-electron chi connectivity index (χ0n) is 31.3. The van der Waals surface area contributed by atoms with Gasteiger partial charge in [-0.15, -0.1) is 0 Å². The lowest BCUT2D eigenvalue weighted by Crippen LogP contribution is -2.54. The van der Waals surface area contributed by atoms with Gasteiger partial charge in [0, 0.05) is 25.6 Å². The Labute approximate surface area is 324 Å². The molecule has 298 valence electrons. The Hall–Kier alpha value is -5.86. The Morgan fingerprint density at radius 2 is 1.21 bits per heavy atom. The first kappa shape index (κ1) is 42.9. The van der Waals surface area contributed by atoms with Crippen molar-refractivity contribution in [2.75, 3.05) is 19.7 Å². The van der Waals surface area contributed by atoms with Crippen LogP contribution in [0.25, 0.3) is 0 Å². The van der Waals surface area contributed by atoms with Crippen molar-refractivity contribution in [3.05, 3.63) is 143 Å². The maximum absolute atomic E-state index is 14.5. The van der Waals surface area contributed by atoms with Crippen LogP contribution in [0, 0.1) is 17.0 Å². The van der Waals surface area contributed by atoms with E-state index in [0.29, 0.717) is 0 Å². The molecule has 0 radical (unpaired) electrons. The molecule has 0 aliphatic heterocycles. The Kier molecular flexibility index (Phi) is 16.8. The maximum atomic E-state index is 14.5. The summed E-state index contributed by atoms with van der Waals surface area (Å²) in [6, 6.07) is 28.0. The summed E-state index contributed by atoms with van der Waals surface area (Å²) in [6.07, 6.45) is -3.91. The predicted octanol–water partition coefficient (Wildman–Crippen LogP) is 5.32. The largest absolute Gasteiger partial charge is 0.445 e. The number of nitrogens with one attached hydrogen (secondary N) is 4. The molecule has 0 heterocycles. The van der Waals surface area contributed by atoms with Gasteiger partial charge in [0.1, 0.15) is 24.8 Å². The zero-order valence-corrected chi connectivity index (χ0v) is 31.3. The molecule has 14 heteroatoms. The molecule has 4 rings (SSSR count). The summed E-state index contributed by atoms with van der Waals surface area (Å²) < 4.78 is 44.8. The number of halogens is 2. The lowest BCUT2D eigenvalue weighted by Gasteiger charge is -2.28. The third-order valence-corrected chi connectivity index (χ3v) is 8.52. The van der Waals surface area contributed by atoms with Crippen LogP contribution in [-0.2, 0) is 50.0 Å². The molecule has 56 heavy (non-hydrogen) atoms. The molecular formula is C42H48F2N4O8. The quantitative estimate of drug-likeness (QED) is 0.0806. The normalized spacial score (nSPS) is 12.7. The number of carbonyl (C=O) groups is 4. The van der Waals surface area contributed by atoms with Crippen molar-refractivity contribution in [3.8, 4) is 0 Å². The van der Waals surface area contributed by atoms with Crippen LogP contribution in [0.4, 0.5) is 18.4 Å². The number of aliphatic hydroxyl groups excluding tert-OH is 1. The molecule has 4 aromatic rings. The minimum Gasteiger partial charge on any atom is -0.445 e. The highest BCUT2D eigenvalue weighted by Gasteiger charge is 2.30. The average molecular weight is 775 g/mol. The summed E-state index contributed by atoms with van der Waals surface area (Å²) in [5, 5.41) is 21.6. The molecule has 5 N–H and O–H groups in total. The van der Waals surface area contributed by atoms with E-state index < -0.39 is 59.2 Å². The minimum atomic E-state index is -1.72. The summed E-state index contributed by atoms with van der Waals surface area (Å²) in [6.45, 7) is 3.47. The van der Waals surface area contributed by atoms with Gasteiger partial charge in [0.2, 0.25) is 5.91 Å². The van der Waals surface area contributed by atoms with Crippen LogP contribution in [0.3, 0.4) is 0 Å². The van der Waals surface area contributed by atoms with Crippen molar-refractivity contribution in [1.82, 2.24) is 21.3 Å². The lowest BCUT2D eigenvalue weighted by molar-refractivity contribution is -0.132. The number of rotatable bonds is 20. The smallest absolute Gasteiger partial charge is 0.407 e. The Morgan fingerprint density at radius 3 is 1.79 bits per heavy atom. The first-order valence-electron chi connectivity index (χ1n) is 18.1. The number of amides is 4. The fourth-order valence-electron chi connectivity index (χ4n) is 5.39. The molecule has 0 fully saturated rings. The van der Waals surface area contributed by atoms with Gasteiger partial charge < -0.3 is 40.6 Å². The fourth-order valence-corrected chi connectivity index (χ4v) is 5.39. The molecule has 0 saturated carbocycles. The van der Waals surface area contributed by atoms with Crippen molar-refractivity contribution in [2.24, 2.45) is 5.41 Å². The molecule has 1 unspecified atom stereocenters. The summed E-state index contributed by atoms with van der Waals surface area (Å²) in [5.74, 6) is -2.67. The Balaban J connectivity index is 1.30. The van der Waals surface area contributed by atoms with E-state index in [2.05, 4.69) is 21.3 Å². The average Bonchev–Trinajstić information content (AvgIpc) is 3.19. The minimum absolute atomic E-state index is 0.00120. The van der Waals surface area contributed by atoms with Gasteiger partial charge in [-0.2, -0.15) is 0 Å². The summed E-state index contributed by atoms with van der Waals surface area (Å²) in [4.78, 5) is 51.6. The molecular weight excluding hydrogens is 726 g/mol. The van der Waals surface area contributed by atoms with Crippen molar-refractivity contribution >= 4 is 24.0 Å². The predicted molar refractivity (Wildman–Crippen MR) is 204 cm³/mol. The number of hydrogen-bond donors (Lipinski definition) is 5. The van der Waals surface area contributed by atoms with Crippen molar-refractivity contribution in [1.29, 1.82) is 0 Å². The molecule has 0 aliphatic carbocycles. The lowest BCUT2D eigenvalue weighted by atomic mass is 9.93. The van der Waals surface area contributed by atoms with Crippen LogP contribution >= 0.6 is 0 Å². The Morgan fingerprint density at radius 1 is 0.696 bits per heavy atom. The van der Waals surface area contributed by atoms with Crippen LogP contribution in [0.2, 0.25) is 0 Å².